The molecule has 2 rings (SSSR count). The van der Waals surface area contributed by atoms with E-state index in [2.05, 4.69) is 10.6 Å². The van der Waals surface area contributed by atoms with Crippen LogP contribution in [0.3, 0.4) is 0 Å². The minimum Gasteiger partial charge on any atom is -0.459 e. The number of thiophene rings is 1. The molecule has 2 amide bonds. The van der Waals surface area contributed by atoms with Gasteiger partial charge in [-0.05, 0) is 37.6 Å². The lowest BCUT2D eigenvalue weighted by Gasteiger charge is -2.12. The van der Waals surface area contributed by atoms with E-state index in [0.29, 0.717) is 23.7 Å². The van der Waals surface area contributed by atoms with Gasteiger partial charge in [0.2, 0.25) is 5.91 Å². The summed E-state index contributed by atoms with van der Waals surface area (Å²) in [5.41, 5.74) is 0. The van der Waals surface area contributed by atoms with Gasteiger partial charge in [-0.25, -0.2) is 0 Å². The average Bonchev–Trinajstić information content (AvgIpc) is 3.14. The highest BCUT2D eigenvalue weighted by Gasteiger charge is 2.12. The lowest BCUT2D eigenvalue weighted by atomic mass is 10.2. The number of amides is 2. The predicted molar refractivity (Wildman–Crippen MR) is 86.2 cm³/mol. The quantitative estimate of drug-likeness (QED) is 0.759. The second kappa shape index (κ2) is 8.00. The Bertz CT molecular complexity index is 625. The molecule has 22 heavy (non-hydrogen) atoms. The van der Waals surface area contributed by atoms with Crippen molar-refractivity contribution in [1.82, 2.24) is 10.6 Å². The van der Waals surface area contributed by atoms with Crippen LogP contribution in [0.4, 0.5) is 0 Å². The third-order valence-corrected chi connectivity index (χ3v) is 4.42. The van der Waals surface area contributed by atoms with Gasteiger partial charge in [0.1, 0.15) is 0 Å². The lowest BCUT2D eigenvalue weighted by molar-refractivity contribution is -0.121. The first-order valence-corrected chi connectivity index (χ1v) is 8.12. The first-order chi connectivity index (χ1) is 10.6. The molecule has 118 valence electrons. The minimum atomic E-state index is -0.271. The van der Waals surface area contributed by atoms with Gasteiger partial charge < -0.3 is 15.1 Å². The molecule has 0 saturated heterocycles. The molecule has 0 aliphatic carbocycles. The molecular weight excluding hydrogens is 324 g/mol. The zero-order valence-corrected chi connectivity index (χ0v) is 13.7. The molecule has 0 aliphatic rings. The van der Waals surface area contributed by atoms with Gasteiger partial charge >= 0.3 is 0 Å². The van der Waals surface area contributed by atoms with Gasteiger partial charge in [-0.15, -0.1) is 11.3 Å². The Morgan fingerprint density at radius 3 is 2.82 bits per heavy atom. The number of carbonyl (C=O) groups excluding carboxylic acids is 2. The van der Waals surface area contributed by atoms with Crippen molar-refractivity contribution in [2.45, 2.75) is 25.8 Å². The third kappa shape index (κ3) is 4.89. The zero-order valence-electron chi connectivity index (χ0n) is 12.1. The molecule has 0 spiro atoms. The fourth-order valence-electron chi connectivity index (χ4n) is 1.89. The number of rotatable bonds is 7. The van der Waals surface area contributed by atoms with E-state index in [1.807, 2.05) is 19.1 Å². The molecule has 0 bridgehead atoms. The zero-order chi connectivity index (χ0) is 15.9. The SMILES string of the molecule is CC(NC(=O)CCCNC(=O)c1ccco1)c1ccc(Cl)s1. The molecule has 2 N–H and O–H groups in total. The molecular formula is C15H17ClN2O3S. The Labute approximate surface area is 137 Å². The van der Waals surface area contributed by atoms with Gasteiger partial charge in [0.25, 0.3) is 5.91 Å². The largest absolute Gasteiger partial charge is 0.459 e. The van der Waals surface area contributed by atoms with Crippen LogP contribution in [0.25, 0.3) is 0 Å². The van der Waals surface area contributed by atoms with Crippen molar-refractivity contribution in [2.75, 3.05) is 6.54 Å². The molecule has 5 nitrogen and oxygen atoms in total. The lowest BCUT2D eigenvalue weighted by Crippen LogP contribution is -2.28. The van der Waals surface area contributed by atoms with Gasteiger partial charge in [-0.3, -0.25) is 9.59 Å². The molecule has 0 radical (unpaired) electrons. The maximum atomic E-state index is 11.8. The second-order valence-electron chi connectivity index (χ2n) is 4.77. The Kier molecular flexibility index (Phi) is 6.03. The smallest absolute Gasteiger partial charge is 0.286 e. The van der Waals surface area contributed by atoms with Crippen LogP contribution in [0.1, 0.15) is 41.2 Å². The fraction of sp³-hybridized carbons (Fsp3) is 0.333. The number of furan rings is 1. The van der Waals surface area contributed by atoms with Crippen molar-refractivity contribution in [2.24, 2.45) is 0 Å². The number of hydrogen-bond donors (Lipinski definition) is 2. The molecule has 0 fully saturated rings. The number of hydrogen-bond acceptors (Lipinski definition) is 4. The van der Waals surface area contributed by atoms with E-state index in [1.54, 1.807) is 12.1 Å². The van der Waals surface area contributed by atoms with Crippen molar-refractivity contribution in [1.29, 1.82) is 0 Å². The Morgan fingerprint density at radius 1 is 1.36 bits per heavy atom. The van der Waals surface area contributed by atoms with Crippen molar-refractivity contribution in [3.63, 3.8) is 0 Å². The summed E-state index contributed by atoms with van der Waals surface area (Å²) in [5.74, 6) is -0.0519. The van der Waals surface area contributed by atoms with Gasteiger partial charge in [0, 0.05) is 17.8 Å². The maximum Gasteiger partial charge on any atom is 0.286 e. The number of nitrogens with one attached hydrogen (secondary N) is 2. The summed E-state index contributed by atoms with van der Waals surface area (Å²) in [6, 6.07) is 6.90. The Balaban J connectivity index is 1.64. The molecule has 2 aromatic heterocycles. The highest BCUT2D eigenvalue weighted by Crippen LogP contribution is 2.26. The van der Waals surface area contributed by atoms with E-state index < -0.39 is 0 Å². The summed E-state index contributed by atoms with van der Waals surface area (Å²) in [7, 11) is 0. The highest BCUT2D eigenvalue weighted by molar-refractivity contribution is 7.16. The average molecular weight is 341 g/mol. The fourth-order valence-corrected chi connectivity index (χ4v) is 2.95. The normalized spacial score (nSPS) is 11.9. The molecule has 0 aliphatic heterocycles. The minimum absolute atomic E-state index is 0.0516. The van der Waals surface area contributed by atoms with Crippen LogP contribution in [0.5, 0.6) is 0 Å². The Morgan fingerprint density at radius 2 is 2.18 bits per heavy atom. The van der Waals surface area contributed by atoms with Crippen LogP contribution >= 0.6 is 22.9 Å². The van der Waals surface area contributed by atoms with E-state index in [0.717, 1.165) is 4.88 Å². The summed E-state index contributed by atoms with van der Waals surface area (Å²) in [6.07, 6.45) is 2.36. The Hall–Kier alpha value is -1.79. The monoisotopic (exact) mass is 340 g/mol. The van der Waals surface area contributed by atoms with Crippen LogP contribution in [0.15, 0.2) is 34.9 Å². The van der Waals surface area contributed by atoms with Crippen LogP contribution in [0, 0.1) is 0 Å². The molecule has 2 aromatic rings. The molecule has 0 aromatic carbocycles. The molecule has 0 saturated carbocycles. The highest BCUT2D eigenvalue weighted by atomic mass is 35.5. The van der Waals surface area contributed by atoms with E-state index >= 15 is 0 Å². The summed E-state index contributed by atoms with van der Waals surface area (Å²) >= 11 is 7.33. The number of halogens is 1. The maximum absolute atomic E-state index is 11.8. The van der Waals surface area contributed by atoms with Gasteiger partial charge in [0.15, 0.2) is 5.76 Å². The van der Waals surface area contributed by atoms with Crippen molar-refractivity contribution >= 4 is 34.8 Å². The van der Waals surface area contributed by atoms with Gasteiger partial charge in [0.05, 0.1) is 16.6 Å². The van der Waals surface area contributed by atoms with E-state index in [-0.39, 0.29) is 23.6 Å². The van der Waals surface area contributed by atoms with Gasteiger partial charge in [-0.2, -0.15) is 0 Å². The van der Waals surface area contributed by atoms with E-state index in [9.17, 15) is 9.59 Å². The van der Waals surface area contributed by atoms with Crippen molar-refractivity contribution in [3.8, 4) is 0 Å². The first kappa shape index (κ1) is 16.6. The van der Waals surface area contributed by atoms with Crippen LogP contribution < -0.4 is 10.6 Å². The van der Waals surface area contributed by atoms with Gasteiger partial charge in [-0.1, -0.05) is 11.6 Å². The van der Waals surface area contributed by atoms with Crippen LogP contribution in [-0.2, 0) is 4.79 Å². The summed E-state index contributed by atoms with van der Waals surface area (Å²) in [6.45, 7) is 2.34. The first-order valence-electron chi connectivity index (χ1n) is 6.92. The third-order valence-electron chi connectivity index (χ3n) is 3.01. The van der Waals surface area contributed by atoms with E-state index in [1.165, 1.54) is 17.6 Å². The second-order valence-corrected chi connectivity index (χ2v) is 6.51. The summed E-state index contributed by atoms with van der Waals surface area (Å²) in [5, 5.41) is 5.61. The van der Waals surface area contributed by atoms with E-state index in [4.69, 9.17) is 16.0 Å². The van der Waals surface area contributed by atoms with Crippen LogP contribution in [0.2, 0.25) is 4.34 Å². The van der Waals surface area contributed by atoms with Crippen molar-refractivity contribution in [3.05, 3.63) is 45.5 Å². The molecule has 7 heteroatoms. The summed E-state index contributed by atoms with van der Waals surface area (Å²) in [4.78, 5) is 24.5. The topological polar surface area (TPSA) is 71.3 Å². The molecule has 1 unspecified atom stereocenters. The van der Waals surface area contributed by atoms with Crippen molar-refractivity contribution < 1.29 is 14.0 Å². The number of carbonyl (C=O) groups is 2. The standard InChI is InChI=1S/C15H17ClN2O3S/c1-10(12-6-7-13(16)22-12)18-14(19)5-2-8-17-15(20)11-4-3-9-21-11/h3-4,6-7,9-10H,2,5,8H2,1H3,(H,17,20)(H,18,19). The molecule has 1 atom stereocenters. The van der Waals surface area contributed by atoms with Crippen LogP contribution in [-0.4, -0.2) is 18.4 Å². The predicted octanol–water partition coefficient (Wildman–Crippen LogP) is 3.38. The summed E-state index contributed by atoms with van der Waals surface area (Å²) < 4.78 is 5.68. The molecule has 2 heterocycles.